The van der Waals surface area contributed by atoms with Gasteiger partial charge in [-0.25, -0.2) is 0 Å². The molecule has 0 spiro atoms. The largest absolute Gasteiger partial charge is 0.480 e. The van der Waals surface area contributed by atoms with Gasteiger partial charge >= 0.3 is 5.97 Å². The number of anilines is 1. The summed E-state index contributed by atoms with van der Waals surface area (Å²) in [6.45, 7) is 1.20. The van der Waals surface area contributed by atoms with Crippen LogP contribution in [0.25, 0.3) is 0 Å². The molecule has 0 aliphatic carbocycles. The molecule has 1 rings (SSSR count). The van der Waals surface area contributed by atoms with Crippen molar-refractivity contribution in [2.75, 3.05) is 11.9 Å². The third-order valence-corrected chi connectivity index (χ3v) is 2.85. The summed E-state index contributed by atoms with van der Waals surface area (Å²) in [6.07, 6.45) is 0. The number of carbonyl (C=O) groups excluding carboxylic acids is 1. The van der Waals surface area contributed by atoms with E-state index in [1.165, 1.54) is 0 Å². The maximum absolute atomic E-state index is 11.5. The first-order valence-electron chi connectivity index (χ1n) is 5.11. The molecule has 1 aromatic carbocycles. The van der Waals surface area contributed by atoms with E-state index in [1.54, 1.807) is 25.1 Å². The fraction of sp³-hybridized carbons (Fsp3) is 0.273. The molecule has 0 saturated heterocycles. The van der Waals surface area contributed by atoms with Crippen molar-refractivity contribution in [3.63, 3.8) is 0 Å². The Kier molecular flexibility index (Phi) is 5.25. The second-order valence-corrected chi connectivity index (χ2v) is 4.42. The molecule has 0 radical (unpaired) electrons. The van der Waals surface area contributed by atoms with Crippen LogP contribution in [0.1, 0.15) is 6.92 Å². The van der Waals surface area contributed by atoms with Gasteiger partial charge in [-0.15, -0.1) is 0 Å². The van der Waals surface area contributed by atoms with Crippen LogP contribution in [-0.2, 0) is 9.59 Å². The van der Waals surface area contributed by atoms with E-state index in [2.05, 4.69) is 10.6 Å². The second-order valence-electron chi connectivity index (χ2n) is 3.61. The number of nitrogens with one attached hydrogen (secondary N) is 2. The van der Waals surface area contributed by atoms with Crippen LogP contribution in [-0.4, -0.2) is 29.6 Å². The molecule has 0 bridgehead atoms. The number of hydrogen-bond acceptors (Lipinski definition) is 3. The SMILES string of the molecule is CC(Nc1ccc(Cl)c(Cl)c1)C(=O)NCC(=O)O. The number of halogens is 2. The van der Waals surface area contributed by atoms with E-state index < -0.39 is 24.5 Å². The monoisotopic (exact) mass is 290 g/mol. The van der Waals surface area contributed by atoms with Crippen LogP contribution >= 0.6 is 23.2 Å². The molecule has 0 saturated carbocycles. The molecule has 0 aromatic heterocycles. The summed E-state index contributed by atoms with van der Waals surface area (Å²) in [4.78, 5) is 21.8. The molecule has 7 heteroatoms. The Morgan fingerprint density at radius 1 is 1.33 bits per heavy atom. The normalized spacial score (nSPS) is 11.7. The molecule has 3 N–H and O–H groups in total. The average molecular weight is 291 g/mol. The van der Waals surface area contributed by atoms with Gasteiger partial charge in [0.05, 0.1) is 10.0 Å². The summed E-state index contributed by atoms with van der Waals surface area (Å²) in [6, 6.07) is 4.29. The highest BCUT2D eigenvalue weighted by molar-refractivity contribution is 6.42. The molecule has 0 heterocycles. The summed E-state index contributed by atoms with van der Waals surface area (Å²) in [5.74, 6) is -1.51. The smallest absolute Gasteiger partial charge is 0.322 e. The zero-order valence-electron chi connectivity index (χ0n) is 9.54. The van der Waals surface area contributed by atoms with Crippen molar-refractivity contribution < 1.29 is 14.7 Å². The van der Waals surface area contributed by atoms with Gasteiger partial charge in [-0.2, -0.15) is 0 Å². The van der Waals surface area contributed by atoms with E-state index in [0.29, 0.717) is 15.7 Å². The molecular formula is C11H12Cl2N2O3. The Hall–Kier alpha value is -1.46. The molecule has 0 aliphatic rings. The molecule has 1 unspecified atom stereocenters. The molecule has 98 valence electrons. The van der Waals surface area contributed by atoms with Crippen molar-refractivity contribution in [3.05, 3.63) is 28.2 Å². The van der Waals surface area contributed by atoms with Gasteiger partial charge in [0, 0.05) is 5.69 Å². The molecular weight excluding hydrogens is 279 g/mol. The van der Waals surface area contributed by atoms with Gasteiger partial charge in [0.1, 0.15) is 12.6 Å². The quantitative estimate of drug-likeness (QED) is 0.775. The van der Waals surface area contributed by atoms with Crippen LogP contribution in [0.2, 0.25) is 10.0 Å². The van der Waals surface area contributed by atoms with E-state index in [1.807, 2.05) is 0 Å². The first-order valence-corrected chi connectivity index (χ1v) is 5.87. The van der Waals surface area contributed by atoms with Gasteiger partial charge in [0.2, 0.25) is 5.91 Å². The average Bonchev–Trinajstić information content (AvgIpc) is 2.30. The van der Waals surface area contributed by atoms with Gasteiger partial charge in [-0.1, -0.05) is 23.2 Å². The zero-order chi connectivity index (χ0) is 13.7. The molecule has 5 nitrogen and oxygen atoms in total. The van der Waals surface area contributed by atoms with Crippen molar-refractivity contribution in [1.82, 2.24) is 5.32 Å². The molecule has 1 atom stereocenters. The first-order chi connectivity index (χ1) is 8.40. The minimum Gasteiger partial charge on any atom is -0.480 e. The van der Waals surface area contributed by atoms with Crippen LogP contribution in [0, 0.1) is 0 Å². The summed E-state index contributed by atoms with van der Waals surface area (Å²) in [7, 11) is 0. The summed E-state index contributed by atoms with van der Waals surface area (Å²) in [5, 5.41) is 14.4. The van der Waals surface area contributed by atoms with Crippen molar-refractivity contribution in [2.24, 2.45) is 0 Å². The summed E-state index contributed by atoms with van der Waals surface area (Å²) < 4.78 is 0. The third kappa shape index (κ3) is 4.43. The standard InChI is InChI=1S/C11H12Cl2N2O3/c1-6(11(18)14-5-10(16)17)15-7-2-3-8(12)9(13)4-7/h2-4,6,15H,5H2,1H3,(H,14,18)(H,16,17). The maximum atomic E-state index is 11.5. The summed E-state index contributed by atoms with van der Waals surface area (Å²) in [5.41, 5.74) is 0.627. The van der Waals surface area contributed by atoms with Gasteiger partial charge in [-0.05, 0) is 25.1 Å². The number of carboxylic acid groups (broad SMARTS) is 1. The minimum atomic E-state index is -1.09. The van der Waals surface area contributed by atoms with Crippen molar-refractivity contribution in [1.29, 1.82) is 0 Å². The highest BCUT2D eigenvalue weighted by Crippen LogP contribution is 2.25. The Morgan fingerprint density at radius 2 is 2.00 bits per heavy atom. The van der Waals surface area contributed by atoms with Crippen LogP contribution < -0.4 is 10.6 Å². The molecule has 0 aliphatic heterocycles. The number of amides is 1. The molecule has 0 fully saturated rings. The predicted octanol–water partition coefficient (Wildman–Crippen LogP) is 1.99. The van der Waals surface area contributed by atoms with Gasteiger partial charge in [0.25, 0.3) is 0 Å². The van der Waals surface area contributed by atoms with Gasteiger partial charge < -0.3 is 15.7 Å². The number of carbonyl (C=O) groups is 2. The van der Waals surface area contributed by atoms with Crippen LogP contribution in [0.5, 0.6) is 0 Å². The Bertz CT molecular complexity index is 466. The Morgan fingerprint density at radius 3 is 2.56 bits per heavy atom. The molecule has 18 heavy (non-hydrogen) atoms. The van der Waals surface area contributed by atoms with E-state index in [-0.39, 0.29) is 0 Å². The van der Waals surface area contributed by atoms with Crippen LogP contribution in [0.15, 0.2) is 18.2 Å². The predicted molar refractivity (Wildman–Crippen MR) is 70.2 cm³/mol. The first kappa shape index (κ1) is 14.6. The van der Waals surface area contributed by atoms with Crippen molar-refractivity contribution in [3.8, 4) is 0 Å². The lowest BCUT2D eigenvalue weighted by Gasteiger charge is -2.14. The minimum absolute atomic E-state index is 0.375. The Balaban J connectivity index is 2.58. The van der Waals surface area contributed by atoms with Crippen LogP contribution in [0.3, 0.4) is 0 Å². The highest BCUT2D eigenvalue weighted by Gasteiger charge is 2.13. The van der Waals surface area contributed by atoms with E-state index in [0.717, 1.165) is 0 Å². The summed E-state index contributed by atoms with van der Waals surface area (Å²) >= 11 is 11.6. The third-order valence-electron chi connectivity index (χ3n) is 2.11. The fourth-order valence-electron chi connectivity index (χ4n) is 1.22. The number of benzene rings is 1. The highest BCUT2D eigenvalue weighted by atomic mass is 35.5. The van der Waals surface area contributed by atoms with E-state index in [4.69, 9.17) is 28.3 Å². The fourth-order valence-corrected chi connectivity index (χ4v) is 1.52. The number of hydrogen-bond donors (Lipinski definition) is 3. The van der Waals surface area contributed by atoms with Crippen LogP contribution in [0.4, 0.5) is 5.69 Å². The second kappa shape index (κ2) is 6.47. The lowest BCUT2D eigenvalue weighted by molar-refractivity contribution is -0.138. The molecule has 1 amide bonds. The number of rotatable bonds is 5. The van der Waals surface area contributed by atoms with Gasteiger partial charge in [-0.3, -0.25) is 9.59 Å². The lowest BCUT2D eigenvalue weighted by atomic mass is 10.2. The van der Waals surface area contributed by atoms with Crippen molar-refractivity contribution >= 4 is 40.8 Å². The number of carboxylic acids is 1. The van der Waals surface area contributed by atoms with Gasteiger partial charge in [0.15, 0.2) is 0 Å². The maximum Gasteiger partial charge on any atom is 0.322 e. The number of aliphatic carboxylic acids is 1. The van der Waals surface area contributed by atoms with Crippen molar-refractivity contribution in [2.45, 2.75) is 13.0 Å². The lowest BCUT2D eigenvalue weighted by Crippen LogP contribution is -2.40. The van der Waals surface area contributed by atoms with E-state index in [9.17, 15) is 9.59 Å². The topological polar surface area (TPSA) is 78.4 Å². The Labute approximate surface area is 114 Å². The molecule has 1 aromatic rings. The zero-order valence-corrected chi connectivity index (χ0v) is 11.0. The van der Waals surface area contributed by atoms with E-state index >= 15 is 0 Å².